The molecule has 0 atom stereocenters. The molecule has 2 heterocycles. The van der Waals surface area contributed by atoms with Crippen LogP contribution in [0.2, 0.25) is 0 Å². The molecule has 0 saturated carbocycles. The van der Waals surface area contributed by atoms with Gasteiger partial charge in [-0.05, 0) is 30.7 Å². The Hall–Kier alpha value is -2.69. The molecule has 4 nitrogen and oxygen atoms in total. The number of halogens is 1. The SMILES string of the molecule is Cc1ccc(-n2cncc2-c2cnccc2N)c(F)c1. The van der Waals surface area contributed by atoms with E-state index in [1.54, 1.807) is 41.6 Å². The molecule has 1 aromatic carbocycles. The van der Waals surface area contributed by atoms with Gasteiger partial charge in [0.25, 0.3) is 0 Å². The van der Waals surface area contributed by atoms with Gasteiger partial charge in [-0.15, -0.1) is 0 Å². The summed E-state index contributed by atoms with van der Waals surface area (Å²) in [4.78, 5) is 8.15. The molecule has 0 spiro atoms. The van der Waals surface area contributed by atoms with Gasteiger partial charge in [0.1, 0.15) is 5.82 Å². The first-order valence-electron chi connectivity index (χ1n) is 6.15. The van der Waals surface area contributed by atoms with Crippen LogP contribution in [0.25, 0.3) is 16.9 Å². The van der Waals surface area contributed by atoms with Crippen molar-refractivity contribution >= 4 is 5.69 Å². The maximum absolute atomic E-state index is 14.1. The number of pyridine rings is 1. The van der Waals surface area contributed by atoms with Crippen LogP contribution in [-0.4, -0.2) is 14.5 Å². The summed E-state index contributed by atoms with van der Waals surface area (Å²) in [7, 11) is 0. The first kappa shape index (κ1) is 12.3. The average molecular weight is 268 g/mol. The van der Waals surface area contributed by atoms with Crippen molar-refractivity contribution in [2.24, 2.45) is 0 Å². The van der Waals surface area contributed by atoms with Crippen LogP contribution in [0.15, 0.2) is 49.2 Å². The van der Waals surface area contributed by atoms with E-state index < -0.39 is 0 Å². The second kappa shape index (κ2) is 4.77. The number of rotatable bonds is 2. The Morgan fingerprint density at radius 1 is 1.15 bits per heavy atom. The number of nitrogens with zero attached hydrogens (tertiary/aromatic N) is 3. The summed E-state index contributed by atoms with van der Waals surface area (Å²) in [5.41, 5.74) is 9.26. The van der Waals surface area contributed by atoms with E-state index in [4.69, 9.17) is 5.73 Å². The third-order valence-electron chi connectivity index (χ3n) is 3.13. The lowest BCUT2D eigenvalue weighted by atomic mass is 10.1. The Kier molecular flexibility index (Phi) is 2.95. The molecule has 3 aromatic rings. The summed E-state index contributed by atoms with van der Waals surface area (Å²) in [6.07, 6.45) is 6.48. The smallest absolute Gasteiger partial charge is 0.147 e. The molecule has 5 heteroatoms. The van der Waals surface area contributed by atoms with Crippen molar-refractivity contribution in [1.29, 1.82) is 0 Å². The fourth-order valence-corrected chi connectivity index (χ4v) is 2.11. The lowest BCUT2D eigenvalue weighted by Crippen LogP contribution is -2.01. The predicted molar refractivity (Wildman–Crippen MR) is 75.9 cm³/mol. The van der Waals surface area contributed by atoms with Gasteiger partial charge >= 0.3 is 0 Å². The maximum atomic E-state index is 14.1. The molecule has 0 aliphatic carbocycles. The highest BCUT2D eigenvalue weighted by molar-refractivity contribution is 5.73. The number of aryl methyl sites for hydroxylation is 1. The van der Waals surface area contributed by atoms with Crippen molar-refractivity contribution in [3.8, 4) is 16.9 Å². The molecular weight excluding hydrogens is 255 g/mol. The molecule has 2 aromatic heterocycles. The highest BCUT2D eigenvalue weighted by Gasteiger charge is 2.12. The number of benzene rings is 1. The number of hydrogen-bond donors (Lipinski definition) is 1. The van der Waals surface area contributed by atoms with Crippen LogP contribution in [0.3, 0.4) is 0 Å². The second-order valence-corrected chi connectivity index (χ2v) is 4.57. The van der Waals surface area contributed by atoms with Crippen molar-refractivity contribution in [1.82, 2.24) is 14.5 Å². The molecule has 0 aliphatic rings. The molecule has 2 N–H and O–H groups in total. The largest absolute Gasteiger partial charge is 0.398 e. The lowest BCUT2D eigenvalue weighted by molar-refractivity contribution is 0.617. The van der Waals surface area contributed by atoms with Crippen LogP contribution < -0.4 is 5.73 Å². The van der Waals surface area contributed by atoms with Crippen LogP contribution in [0.1, 0.15) is 5.56 Å². The number of nitrogen functional groups attached to an aromatic ring is 1. The van der Waals surface area contributed by atoms with Gasteiger partial charge in [0.15, 0.2) is 0 Å². The van der Waals surface area contributed by atoms with Crippen LogP contribution >= 0.6 is 0 Å². The molecule has 100 valence electrons. The Bertz CT molecular complexity index is 764. The quantitative estimate of drug-likeness (QED) is 0.777. The Balaban J connectivity index is 2.18. The molecular formula is C15H13FN4. The van der Waals surface area contributed by atoms with Gasteiger partial charge in [0, 0.05) is 23.6 Å². The first-order chi connectivity index (χ1) is 9.66. The van der Waals surface area contributed by atoms with E-state index in [0.717, 1.165) is 11.1 Å². The van der Waals surface area contributed by atoms with E-state index in [9.17, 15) is 4.39 Å². The predicted octanol–water partition coefficient (Wildman–Crippen LogP) is 2.96. The van der Waals surface area contributed by atoms with Crippen LogP contribution in [-0.2, 0) is 0 Å². The van der Waals surface area contributed by atoms with Crippen LogP contribution in [0.5, 0.6) is 0 Å². The van der Waals surface area contributed by atoms with Crippen LogP contribution in [0, 0.1) is 12.7 Å². The minimum atomic E-state index is -0.299. The highest BCUT2D eigenvalue weighted by Crippen LogP contribution is 2.27. The Morgan fingerprint density at radius 2 is 2.00 bits per heavy atom. The molecule has 0 radical (unpaired) electrons. The van der Waals surface area contributed by atoms with Gasteiger partial charge in [-0.1, -0.05) is 6.07 Å². The summed E-state index contributed by atoms with van der Waals surface area (Å²) in [5.74, 6) is -0.299. The van der Waals surface area contributed by atoms with Gasteiger partial charge in [-0.25, -0.2) is 9.37 Å². The molecule has 0 bridgehead atoms. The number of anilines is 1. The molecule has 20 heavy (non-hydrogen) atoms. The summed E-state index contributed by atoms with van der Waals surface area (Å²) in [6, 6.07) is 6.78. The molecule has 0 unspecified atom stereocenters. The van der Waals surface area contributed by atoms with Gasteiger partial charge in [0.2, 0.25) is 0 Å². The molecule has 0 aliphatic heterocycles. The third-order valence-corrected chi connectivity index (χ3v) is 3.13. The van der Waals surface area contributed by atoms with Crippen molar-refractivity contribution in [3.63, 3.8) is 0 Å². The molecule has 0 amide bonds. The van der Waals surface area contributed by atoms with Crippen molar-refractivity contribution in [3.05, 3.63) is 60.6 Å². The molecule has 0 saturated heterocycles. The Morgan fingerprint density at radius 3 is 2.75 bits per heavy atom. The van der Waals surface area contributed by atoms with E-state index in [0.29, 0.717) is 17.1 Å². The number of aromatic nitrogens is 3. The zero-order valence-corrected chi connectivity index (χ0v) is 10.9. The van der Waals surface area contributed by atoms with E-state index in [2.05, 4.69) is 9.97 Å². The molecule has 3 rings (SSSR count). The van der Waals surface area contributed by atoms with E-state index in [1.807, 2.05) is 13.0 Å². The first-order valence-corrected chi connectivity index (χ1v) is 6.15. The summed E-state index contributed by atoms with van der Waals surface area (Å²) < 4.78 is 15.8. The van der Waals surface area contributed by atoms with Crippen molar-refractivity contribution < 1.29 is 4.39 Å². The third kappa shape index (κ3) is 2.03. The van der Waals surface area contributed by atoms with Crippen molar-refractivity contribution in [2.45, 2.75) is 6.92 Å². The van der Waals surface area contributed by atoms with E-state index >= 15 is 0 Å². The standard InChI is InChI=1S/C15H13FN4/c1-10-2-3-14(12(16)6-10)20-9-19-8-15(20)11-7-18-5-4-13(11)17/h2-9H,1H3,(H2,17,18). The monoisotopic (exact) mass is 268 g/mol. The fourth-order valence-electron chi connectivity index (χ4n) is 2.11. The van der Waals surface area contributed by atoms with Gasteiger partial charge < -0.3 is 5.73 Å². The average Bonchev–Trinajstić information content (AvgIpc) is 2.88. The maximum Gasteiger partial charge on any atom is 0.147 e. The van der Waals surface area contributed by atoms with Gasteiger partial charge in [-0.3, -0.25) is 9.55 Å². The van der Waals surface area contributed by atoms with E-state index in [-0.39, 0.29) is 5.82 Å². The summed E-state index contributed by atoms with van der Waals surface area (Å²) in [5, 5.41) is 0. The minimum Gasteiger partial charge on any atom is -0.398 e. The zero-order valence-electron chi connectivity index (χ0n) is 10.9. The van der Waals surface area contributed by atoms with Gasteiger partial charge in [0.05, 0.1) is 23.9 Å². The number of imidazole rings is 1. The Labute approximate surface area is 115 Å². The second-order valence-electron chi connectivity index (χ2n) is 4.57. The summed E-state index contributed by atoms with van der Waals surface area (Å²) in [6.45, 7) is 1.85. The fraction of sp³-hybridized carbons (Fsp3) is 0.0667. The van der Waals surface area contributed by atoms with Gasteiger partial charge in [-0.2, -0.15) is 0 Å². The number of nitrogens with two attached hydrogens (primary N) is 1. The number of hydrogen-bond acceptors (Lipinski definition) is 3. The normalized spacial score (nSPS) is 10.7. The lowest BCUT2D eigenvalue weighted by Gasteiger charge is -2.11. The highest BCUT2D eigenvalue weighted by atomic mass is 19.1. The minimum absolute atomic E-state index is 0.299. The summed E-state index contributed by atoms with van der Waals surface area (Å²) >= 11 is 0. The molecule has 0 fully saturated rings. The van der Waals surface area contributed by atoms with Crippen molar-refractivity contribution in [2.75, 3.05) is 5.73 Å². The topological polar surface area (TPSA) is 56.7 Å². The zero-order chi connectivity index (χ0) is 14.1. The van der Waals surface area contributed by atoms with Crippen LogP contribution in [0.4, 0.5) is 10.1 Å². The van der Waals surface area contributed by atoms with E-state index in [1.165, 1.54) is 6.07 Å².